The molecule has 0 spiro atoms. The van der Waals surface area contributed by atoms with E-state index in [4.69, 9.17) is 9.72 Å². The number of aliphatic hydroxyl groups excluding tert-OH is 2. The summed E-state index contributed by atoms with van der Waals surface area (Å²) in [5.74, 6) is -0.497. The second-order valence-corrected chi connectivity index (χ2v) is 11.9. The van der Waals surface area contributed by atoms with Gasteiger partial charge in [-0.15, -0.1) is 22.7 Å². The first-order valence-corrected chi connectivity index (χ1v) is 13.3. The Balaban J connectivity index is 1.68. The number of methoxy groups -OCH3 is 1. The maximum atomic E-state index is 12.9. The molecule has 34 heavy (non-hydrogen) atoms. The van der Waals surface area contributed by atoms with Crippen molar-refractivity contribution in [3.8, 4) is 0 Å². The molecule has 1 fully saturated rings. The Morgan fingerprint density at radius 1 is 1.35 bits per heavy atom. The molecule has 0 saturated heterocycles. The van der Waals surface area contributed by atoms with Gasteiger partial charge >= 0.3 is 0 Å². The third-order valence-corrected chi connectivity index (χ3v) is 9.75. The normalized spacial score (nSPS) is 30.3. The summed E-state index contributed by atoms with van der Waals surface area (Å²) in [6.45, 7) is 4.85. The van der Waals surface area contributed by atoms with Crippen molar-refractivity contribution in [2.24, 2.45) is 16.7 Å². The van der Waals surface area contributed by atoms with Crippen LogP contribution >= 0.6 is 22.7 Å². The first-order valence-electron chi connectivity index (χ1n) is 11.6. The number of hydrogen-bond donors (Lipinski definition) is 4. The Bertz CT molecular complexity index is 1030. The van der Waals surface area contributed by atoms with Crippen molar-refractivity contribution in [1.82, 2.24) is 10.3 Å². The van der Waals surface area contributed by atoms with E-state index in [0.717, 1.165) is 17.0 Å². The van der Waals surface area contributed by atoms with Crippen molar-refractivity contribution in [2.75, 3.05) is 32.2 Å². The minimum atomic E-state index is -0.681. The molecule has 0 radical (unpaired) electrons. The number of thiazole rings is 1. The quantitative estimate of drug-likeness (QED) is 0.408. The van der Waals surface area contributed by atoms with Crippen molar-refractivity contribution in [3.05, 3.63) is 33.0 Å². The van der Waals surface area contributed by atoms with E-state index in [1.165, 1.54) is 22.7 Å². The van der Waals surface area contributed by atoms with Crippen molar-refractivity contribution in [3.63, 3.8) is 0 Å². The number of ether oxygens (including phenoxy) is 1. The van der Waals surface area contributed by atoms with Gasteiger partial charge in [0.1, 0.15) is 0 Å². The van der Waals surface area contributed by atoms with Gasteiger partial charge in [0, 0.05) is 36.3 Å². The monoisotopic (exact) mass is 507 g/mol. The van der Waals surface area contributed by atoms with Crippen molar-refractivity contribution >= 4 is 39.6 Å². The number of nitrogens with one attached hydrogen (secondary N) is 2. The van der Waals surface area contributed by atoms with Crippen LogP contribution in [-0.4, -0.2) is 60.0 Å². The van der Waals surface area contributed by atoms with E-state index >= 15 is 0 Å². The number of amides is 2. The van der Waals surface area contributed by atoms with Crippen LogP contribution in [0.5, 0.6) is 0 Å². The van der Waals surface area contributed by atoms with Crippen LogP contribution in [0.25, 0.3) is 0 Å². The predicted molar refractivity (Wildman–Crippen MR) is 132 cm³/mol. The molecule has 0 bridgehead atoms. The third-order valence-electron chi connectivity index (χ3n) is 7.88. The number of nitrogens with zero attached hydrogens (tertiary/aromatic N) is 1. The first-order chi connectivity index (χ1) is 16.2. The summed E-state index contributed by atoms with van der Waals surface area (Å²) in [5, 5.41) is 29.4. The Morgan fingerprint density at radius 3 is 2.82 bits per heavy atom. The molecule has 4 rings (SSSR count). The average Bonchev–Trinajstić information content (AvgIpc) is 3.48. The molecule has 2 aromatic rings. The van der Waals surface area contributed by atoms with Gasteiger partial charge < -0.3 is 20.3 Å². The molecule has 2 aliphatic carbocycles. The largest absolute Gasteiger partial charge is 0.396 e. The van der Waals surface area contributed by atoms with Crippen LogP contribution in [0.4, 0.5) is 5.13 Å². The lowest BCUT2D eigenvalue weighted by atomic mass is 9.47. The number of fused-ring (bicyclic) bond motifs is 2. The summed E-state index contributed by atoms with van der Waals surface area (Å²) in [6.07, 6.45) is 1.59. The van der Waals surface area contributed by atoms with Gasteiger partial charge in [-0.25, -0.2) is 4.98 Å². The number of carbonyl (C=O) groups excluding carboxylic acids is 2. The fourth-order valence-corrected chi connectivity index (χ4v) is 7.50. The summed E-state index contributed by atoms with van der Waals surface area (Å²) in [5.41, 5.74) is -0.158. The van der Waals surface area contributed by atoms with Gasteiger partial charge in [0.15, 0.2) is 5.13 Å². The minimum Gasteiger partial charge on any atom is -0.396 e. The Hall–Kier alpha value is -1.85. The summed E-state index contributed by atoms with van der Waals surface area (Å²) in [4.78, 5) is 32.0. The molecule has 0 aliphatic heterocycles. The van der Waals surface area contributed by atoms with E-state index in [9.17, 15) is 19.8 Å². The van der Waals surface area contributed by atoms with Crippen molar-refractivity contribution < 1.29 is 24.5 Å². The van der Waals surface area contributed by atoms with Gasteiger partial charge in [0.25, 0.3) is 5.91 Å². The lowest BCUT2D eigenvalue weighted by molar-refractivity contribution is -0.144. The molecule has 10 heteroatoms. The van der Waals surface area contributed by atoms with Crippen LogP contribution in [-0.2, 0) is 16.0 Å². The van der Waals surface area contributed by atoms with E-state index < -0.39 is 11.5 Å². The van der Waals surface area contributed by atoms with Crippen LogP contribution in [0.3, 0.4) is 0 Å². The number of carbonyl (C=O) groups is 2. The fraction of sp³-hybridized carbons (Fsp3) is 0.625. The lowest BCUT2D eigenvalue weighted by Gasteiger charge is -2.58. The molecule has 4 N–H and O–H groups in total. The van der Waals surface area contributed by atoms with Crippen LogP contribution in [0, 0.1) is 16.7 Å². The van der Waals surface area contributed by atoms with E-state index in [1.807, 2.05) is 18.4 Å². The smallest absolute Gasteiger partial charge is 0.267 e. The van der Waals surface area contributed by atoms with Crippen molar-refractivity contribution in [1.29, 1.82) is 0 Å². The molecule has 1 saturated carbocycles. The summed E-state index contributed by atoms with van der Waals surface area (Å²) >= 11 is 2.79. The standard InChI is InChI=1S/C24H33N3O5S2/c1-23-7-6-18(29)24(2,13-28)17(23)12-16-20(14(23)11-19(30)25-8-9-32-3)26-22(34-16)27-21(31)15-5-4-10-33-15/h4-5,10,14,17-18,28-29H,6-9,11-13H2,1-3H3,(H,25,30)(H,26,27,31). The number of hydrogen-bond acceptors (Lipinski definition) is 8. The van der Waals surface area contributed by atoms with Gasteiger partial charge in [-0.1, -0.05) is 19.9 Å². The summed E-state index contributed by atoms with van der Waals surface area (Å²) in [6, 6.07) is 3.60. The predicted octanol–water partition coefficient (Wildman–Crippen LogP) is 3.03. The average molecular weight is 508 g/mol. The van der Waals surface area contributed by atoms with Crippen LogP contribution in [0.2, 0.25) is 0 Å². The summed E-state index contributed by atoms with van der Waals surface area (Å²) in [7, 11) is 1.59. The molecule has 2 aromatic heterocycles. The topological polar surface area (TPSA) is 121 Å². The zero-order chi connectivity index (χ0) is 24.5. The molecule has 186 valence electrons. The first kappa shape index (κ1) is 25.2. The second-order valence-electron chi connectivity index (χ2n) is 9.84. The minimum absolute atomic E-state index is 0.0284. The Kier molecular flexibility index (Phi) is 7.44. The molecular formula is C24H33N3O5S2. The number of thiophene rings is 1. The number of aromatic nitrogens is 1. The second kappa shape index (κ2) is 10.0. The fourth-order valence-electron chi connectivity index (χ4n) is 5.82. The number of anilines is 1. The molecule has 2 amide bonds. The maximum Gasteiger partial charge on any atom is 0.267 e. The van der Waals surface area contributed by atoms with Crippen LogP contribution in [0.1, 0.15) is 59.3 Å². The summed E-state index contributed by atoms with van der Waals surface area (Å²) < 4.78 is 5.05. The lowest BCUT2D eigenvalue weighted by Crippen LogP contribution is -2.57. The Morgan fingerprint density at radius 2 is 2.15 bits per heavy atom. The third kappa shape index (κ3) is 4.54. The molecule has 2 aliphatic rings. The van der Waals surface area contributed by atoms with E-state index in [2.05, 4.69) is 17.6 Å². The Labute approximate surface area is 207 Å². The molecular weight excluding hydrogens is 474 g/mol. The zero-order valence-corrected chi connectivity index (χ0v) is 21.4. The molecule has 2 heterocycles. The van der Waals surface area contributed by atoms with E-state index in [-0.39, 0.29) is 42.1 Å². The van der Waals surface area contributed by atoms with E-state index in [0.29, 0.717) is 36.0 Å². The van der Waals surface area contributed by atoms with Crippen LogP contribution in [0.15, 0.2) is 17.5 Å². The molecule has 5 unspecified atom stereocenters. The molecule has 5 atom stereocenters. The van der Waals surface area contributed by atoms with Gasteiger partial charge in [0.2, 0.25) is 5.91 Å². The van der Waals surface area contributed by atoms with Gasteiger partial charge in [0.05, 0.1) is 29.9 Å². The zero-order valence-electron chi connectivity index (χ0n) is 19.8. The highest BCUT2D eigenvalue weighted by molar-refractivity contribution is 7.16. The highest BCUT2D eigenvalue weighted by Gasteiger charge is 2.59. The van der Waals surface area contributed by atoms with Crippen LogP contribution < -0.4 is 10.6 Å². The number of aliphatic hydroxyl groups is 2. The molecule has 0 aromatic carbocycles. The SMILES string of the molecule is COCCNC(=O)CC1c2nc(NC(=O)c3cccs3)sc2CC2C(C)(CO)C(O)CCC12C. The number of rotatable bonds is 8. The highest BCUT2D eigenvalue weighted by atomic mass is 32.1. The van der Waals surface area contributed by atoms with Crippen molar-refractivity contribution in [2.45, 2.75) is 51.6 Å². The maximum absolute atomic E-state index is 12.9. The van der Waals surface area contributed by atoms with Gasteiger partial charge in [-0.3, -0.25) is 14.9 Å². The van der Waals surface area contributed by atoms with E-state index in [1.54, 1.807) is 13.2 Å². The molecule has 8 nitrogen and oxygen atoms in total. The van der Waals surface area contributed by atoms with Gasteiger partial charge in [-0.2, -0.15) is 0 Å². The highest BCUT2D eigenvalue weighted by Crippen LogP contribution is 2.62. The van der Waals surface area contributed by atoms with Gasteiger partial charge in [-0.05, 0) is 42.0 Å².